The summed E-state index contributed by atoms with van der Waals surface area (Å²) in [4.78, 5) is 29.6. The summed E-state index contributed by atoms with van der Waals surface area (Å²) < 4.78 is 5.92. The predicted molar refractivity (Wildman–Crippen MR) is 100.0 cm³/mol. The van der Waals surface area contributed by atoms with Crippen molar-refractivity contribution in [1.29, 1.82) is 0 Å². The van der Waals surface area contributed by atoms with E-state index < -0.39 is 0 Å². The Bertz CT molecular complexity index is 603. The Labute approximate surface area is 155 Å². The molecular weight excluding hydrogens is 330 g/mol. The lowest BCUT2D eigenvalue weighted by Gasteiger charge is -2.32. The molecule has 2 fully saturated rings. The average Bonchev–Trinajstić information content (AvgIpc) is 3.15. The molecule has 6 heteroatoms. The first-order valence-corrected chi connectivity index (χ1v) is 9.78. The van der Waals surface area contributed by atoms with Crippen molar-refractivity contribution < 1.29 is 14.3 Å². The Kier molecular flexibility index (Phi) is 6.47. The third-order valence-electron chi connectivity index (χ3n) is 5.38. The summed E-state index contributed by atoms with van der Waals surface area (Å²) in [5.74, 6) is 1.51. The van der Waals surface area contributed by atoms with Gasteiger partial charge in [-0.1, -0.05) is 25.7 Å². The van der Waals surface area contributed by atoms with Gasteiger partial charge in [0, 0.05) is 45.3 Å². The van der Waals surface area contributed by atoms with Gasteiger partial charge in [-0.05, 0) is 18.4 Å². The maximum atomic E-state index is 12.4. The Balaban J connectivity index is 1.39. The van der Waals surface area contributed by atoms with Gasteiger partial charge in [-0.2, -0.15) is 0 Å². The van der Waals surface area contributed by atoms with Gasteiger partial charge in [-0.3, -0.25) is 9.59 Å². The molecular formula is C20H29N3O3. The number of carbonyl (C=O) groups excluding carboxylic acids is 2. The van der Waals surface area contributed by atoms with Gasteiger partial charge in [0.15, 0.2) is 0 Å². The number of piperidine rings is 1. The minimum absolute atomic E-state index is 0.0907. The molecule has 3 rings (SSSR count). The number of pyridine rings is 1. The van der Waals surface area contributed by atoms with Gasteiger partial charge in [0.2, 0.25) is 17.7 Å². The van der Waals surface area contributed by atoms with Crippen molar-refractivity contribution >= 4 is 17.5 Å². The largest absolute Gasteiger partial charge is 0.474 e. The van der Waals surface area contributed by atoms with E-state index in [1.54, 1.807) is 18.3 Å². The molecule has 0 atom stereocenters. The molecule has 0 unspecified atom stereocenters. The lowest BCUT2D eigenvalue weighted by molar-refractivity contribution is -0.133. The first kappa shape index (κ1) is 18.7. The van der Waals surface area contributed by atoms with E-state index in [-0.39, 0.29) is 12.0 Å². The van der Waals surface area contributed by atoms with Crippen molar-refractivity contribution in [1.82, 2.24) is 9.88 Å². The minimum Gasteiger partial charge on any atom is -0.474 e. The van der Waals surface area contributed by atoms with E-state index in [4.69, 9.17) is 4.74 Å². The van der Waals surface area contributed by atoms with Crippen molar-refractivity contribution in [2.24, 2.45) is 5.92 Å². The fraction of sp³-hybridized carbons (Fsp3) is 0.650. The van der Waals surface area contributed by atoms with Crippen molar-refractivity contribution in [3.05, 3.63) is 18.3 Å². The molecule has 0 spiro atoms. The number of aromatic nitrogens is 1. The number of nitrogens with one attached hydrogen (secondary N) is 1. The molecule has 1 aromatic rings. The van der Waals surface area contributed by atoms with Gasteiger partial charge in [-0.15, -0.1) is 0 Å². The Morgan fingerprint density at radius 2 is 1.92 bits per heavy atom. The highest BCUT2D eigenvalue weighted by Crippen LogP contribution is 2.29. The molecule has 1 aliphatic carbocycles. The van der Waals surface area contributed by atoms with Crippen LogP contribution in [0.1, 0.15) is 58.3 Å². The third-order valence-corrected chi connectivity index (χ3v) is 5.38. The lowest BCUT2D eigenvalue weighted by atomic mass is 10.0. The number of ether oxygens (including phenoxy) is 1. The number of carbonyl (C=O) groups is 2. The molecule has 142 valence electrons. The molecule has 1 aliphatic heterocycles. The van der Waals surface area contributed by atoms with Crippen LogP contribution in [0.5, 0.6) is 5.88 Å². The van der Waals surface area contributed by atoms with Gasteiger partial charge in [0.05, 0.1) is 11.9 Å². The lowest BCUT2D eigenvalue weighted by Crippen LogP contribution is -2.41. The van der Waals surface area contributed by atoms with E-state index >= 15 is 0 Å². The molecule has 0 bridgehead atoms. The van der Waals surface area contributed by atoms with Crippen LogP contribution in [0.3, 0.4) is 0 Å². The van der Waals surface area contributed by atoms with E-state index in [1.807, 2.05) is 4.90 Å². The first-order valence-electron chi connectivity index (χ1n) is 9.78. The van der Waals surface area contributed by atoms with Crippen LogP contribution >= 0.6 is 0 Å². The number of anilines is 1. The molecule has 1 aromatic heterocycles. The van der Waals surface area contributed by atoms with Crippen LogP contribution in [0.4, 0.5) is 5.69 Å². The highest BCUT2D eigenvalue weighted by atomic mass is 16.5. The summed E-state index contributed by atoms with van der Waals surface area (Å²) in [6.45, 7) is 2.99. The standard InChI is InChI=1S/C20H29N3O3/c1-15(24)22-17-7-8-19(21-14-17)26-18-10-12-23(13-11-18)20(25)9-6-16-4-2-3-5-16/h7-8,14,16,18H,2-6,9-13H2,1H3,(H,22,24). The van der Waals surface area contributed by atoms with Gasteiger partial charge in [-0.25, -0.2) is 4.98 Å². The van der Waals surface area contributed by atoms with Crippen LogP contribution in [-0.4, -0.2) is 40.9 Å². The zero-order valence-corrected chi connectivity index (χ0v) is 15.6. The fourth-order valence-electron chi connectivity index (χ4n) is 3.91. The zero-order valence-electron chi connectivity index (χ0n) is 15.6. The van der Waals surface area contributed by atoms with Gasteiger partial charge < -0.3 is 15.0 Å². The van der Waals surface area contributed by atoms with Crippen molar-refractivity contribution in [3.8, 4) is 5.88 Å². The van der Waals surface area contributed by atoms with E-state index in [1.165, 1.54) is 32.6 Å². The monoisotopic (exact) mass is 359 g/mol. The van der Waals surface area contributed by atoms with Crippen LogP contribution in [0, 0.1) is 5.92 Å². The highest BCUT2D eigenvalue weighted by Gasteiger charge is 2.25. The number of amides is 2. The fourth-order valence-corrected chi connectivity index (χ4v) is 3.91. The Morgan fingerprint density at radius 1 is 1.19 bits per heavy atom. The summed E-state index contributed by atoms with van der Waals surface area (Å²) in [6, 6.07) is 3.55. The van der Waals surface area contributed by atoms with E-state index in [9.17, 15) is 9.59 Å². The van der Waals surface area contributed by atoms with E-state index in [0.29, 0.717) is 23.9 Å². The number of hydrogen-bond acceptors (Lipinski definition) is 4. The number of nitrogens with zero attached hydrogens (tertiary/aromatic N) is 2. The van der Waals surface area contributed by atoms with E-state index in [0.717, 1.165) is 38.3 Å². The molecule has 2 amide bonds. The number of likely N-dealkylation sites (tertiary alicyclic amines) is 1. The van der Waals surface area contributed by atoms with Crippen molar-refractivity contribution in [2.75, 3.05) is 18.4 Å². The second-order valence-electron chi connectivity index (χ2n) is 7.45. The zero-order chi connectivity index (χ0) is 18.4. The molecule has 1 N–H and O–H groups in total. The summed E-state index contributed by atoms with van der Waals surface area (Å²) in [7, 11) is 0. The summed E-state index contributed by atoms with van der Waals surface area (Å²) >= 11 is 0. The van der Waals surface area contributed by atoms with Crippen LogP contribution < -0.4 is 10.1 Å². The maximum Gasteiger partial charge on any atom is 0.222 e. The summed E-state index contributed by atoms with van der Waals surface area (Å²) in [5, 5.41) is 2.68. The first-order chi connectivity index (χ1) is 12.6. The average molecular weight is 359 g/mol. The summed E-state index contributed by atoms with van der Waals surface area (Å²) in [6.07, 6.45) is 10.4. The quantitative estimate of drug-likeness (QED) is 0.845. The van der Waals surface area contributed by atoms with Crippen LogP contribution in [0.25, 0.3) is 0 Å². The van der Waals surface area contributed by atoms with Crippen LogP contribution in [0.15, 0.2) is 18.3 Å². The van der Waals surface area contributed by atoms with Crippen molar-refractivity contribution in [2.45, 2.75) is 64.4 Å². The van der Waals surface area contributed by atoms with Crippen molar-refractivity contribution in [3.63, 3.8) is 0 Å². The normalized spacial score (nSPS) is 18.7. The Hall–Kier alpha value is -2.11. The molecule has 2 aliphatic rings. The van der Waals surface area contributed by atoms with E-state index in [2.05, 4.69) is 10.3 Å². The molecule has 6 nitrogen and oxygen atoms in total. The number of hydrogen-bond donors (Lipinski definition) is 1. The molecule has 26 heavy (non-hydrogen) atoms. The summed E-state index contributed by atoms with van der Waals surface area (Å²) in [5.41, 5.74) is 0.660. The number of rotatable bonds is 6. The molecule has 0 radical (unpaired) electrons. The molecule has 1 saturated carbocycles. The molecule has 1 saturated heterocycles. The third kappa shape index (κ3) is 5.44. The highest BCUT2D eigenvalue weighted by molar-refractivity contribution is 5.88. The predicted octanol–water partition coefficient (Wildman–Crippen LogP) is 3.38. The van der Waals surface area contributed by atoms with Gasteiger partial charge in [0.25, 0.3) is 0 Å². The molecule has 0 aromatic carbocycles. The van der Waals surface area contributed by atoms with Gasteiger partial charge in [0.1, 0.15) is 6.10 Å². The maximum absolute atomic E-state index is 12.4. The smallest absolute Gasteiger partial charge is 0.222 e. The van der Waals surface area contributed by atoms with Gasteiger partial charge >= 0.3 is 0 Å². The Morgan fingerprint density at radius 3 is 2.54 bits per heavy atom. The second-order valence-corrected chi connectivity index (χ2v) is 7.45. The van der Waals surface area contributed by atoms with Crippen LogP contribution in [-0.2, 0) is 9.59 Å². The topological polar surface area (TPSA) is 71.5 Å². The van der Waals surface area contributed by atoms with Crippen LogP contribution in [0.2, 0.25) is 0 Å². The SMILES string of the molecule is CC(=O)Nc1ccc(OC2CCN(C(=O)CCC3CCCC3)CC2)nc1. The minimum atomic E-state index is -0.120. The second kappa shape index (κ2) is 9.01. The molecule has 2 heterocycles.